The van der Waals surface area contributed by atoms with Crippen LogP contribution in [0, 0.1) is 0 Å². The molecule has 1 aromatic rings. The van der Waals surface area contributed by atoms with Gasteiger partial charge in [0.1, 0.15) is 15.7 Å². The second-order valence-electron chi connectivity index (χ2n) is 7.44. The number of guanidine groups is 1. The van der Waals surface area contributed by atoms with E-state index in [9.17, 15) is 8.42 Å². The molecule has 1 aliphatic heterocycles. The largest absolute Gasteiger partial charge is 0.357 e. The van der Waals surface area contributed by atoms with Gasteiger partial charge >= 0.3 is 0 Å². The number of pyridine rings is 1. The molecule has 2 heterocycles. The van der Waals surface area contributed by atoms with E-state index in [1.165, 1.54) is 6.26 Å². The topological polar surface area (TPSA) is 89.9 Å². The van der Waals surface area contributed by atoms with E-state index in [1.807, 2.05) is 26.1 Å². The van der Waals surface area contributed by atoms with E-state index in [0.717, 1.165) is 44.1 Å². The Morgan fingerprint density at radius 1 is 1.32 bits per heavy atom. The third-order valence-electron chi connectivity index (χ3n) is 4.73. The fourth-order valence-electron chi connectivity index (χ4n) is 3.04. The Morgan fingerprint density at radius 3 is 2.68 bits per heavy atom. The standard InChI is InChI=1S/C19H34N6O2S/c1-5-20-19(23-16(2)8-14-28(4,26)27)22-15-17-7-6-9-21-18(17)25-12-10-24(3)11-13-25/h6-7,9,16H,5,8,10-15H2,1-4H3,(H2,20,22,23). The van der Waals surface area contributed by atoms with Crippen molar-refractivity contribution < 1.29 is 8.42 Å². The molecule has 0 radical (unpaired) electrons. The second kappa shape index (κ2) is 10.6. The number of hydrogen-bond donors (Lipinski definition) is 2. The zero-order valence-electron chi connectivity index (χ0n) is 17.5. The molecule has 1 fully saturated rings. The lowest BCUT2D eigenvalue weighted by Gasteiger charge is -2.34. The van der Waals surface area contributed by atoms with E-state index in [0.29, 0.717) is 18.9 Å². The van der Waals surface area contributed by atoms with Crippen LogP contribution in [0.3, 0.4) is 0 Å². The first-order valence-electron chi connectivity index (χ1n) is 9.88. The summed E-state index contributed by atoms with van der Waals surface area (Å²) in [6.45, 7) is 9.22. The molecule has 0 aliphatic carbocycles. The first-order chi connectivity index (χ1) is 13.3. The van der Waals surface area contributed by atoms with Gasteiger partial charge in [-0.15, -0.1) is 0 Å². The van der Waals surface area contributed by atoms with E-state index in [1.54, 1.807) is 0 Å². The van der Waals surface area contributed by atoms with Crippen LogP contribution in [0.25, 0.3) is 0 Å². The summed E-state index contributed by atoms with van der Waals surface area (Å²) in [5, 5.41) is 6.53. The summed E-state index contributed by atoms with van der Waals surface area (Å²) < 4.78 is 22.8. The van der Waals surface area contributed by atoms with Crippen molar-refractivity contribution in [2.45, 2.75) is 32.9 Å². The molecule has 2 rings (SSSR count). The van der Waals surface area contributed by atoms with Gasteiger partial charge < -0.3 is 20.4 Å². The van der Waals surface area contributed by atoms with Gasteiger partial charge in [0.15, 0.2) is 5.96 Å². The number of aliphatic imine (C=N–C) groups is 1. The zero-order valence-corrected chi connectivity index (χ0v) is 18.3. The lowest BCUT2D eigenvalue weighted by atomic mass is 10.2. The van der Waals surface area contributed by atoms with Crippen LogP contribution in [0.1, 0.15) is 25.8 Å². The normalized spacial score (nSPS) is 17.4. The number of hydrogen-bond acceptors (Lipinski definition) is 6. The highest BCUT2D eigenvalue weighted by molar-refractivity contribution is 7.90. The minimum atomic E-state index is -2.96. The van der Waals surface area contributed by atoms with Gasteiger partial charge in [0, 0.05) is 56.8 Å². The highest BCUT2D eigenvalue weighted by Gasteiger charge is 2.18. The van der Waals surface area contributed by atoms with Crippen molar-refractivity contribution >= 4 is 21.6 Å². The van der Waals surface area contributed by atoms with Gasteiger partial charge in [-0.25, -0.2) is 18.4 Å². The number of rotatable bonds is 8. The summed E-state index contributed by atoms with van der Waals surface area (Å²) in [5.41, 5.74) is 1.09. The molecule has 9 heteroatoms. The highest BCUT2D eigenvalue weighted by Crippen LogP contribution is 2.19. The lowest BCUT2D eigenvalue weighted by Crippen LogP contribution is -2.45. The number of aromatic nitrogens is 1. The van der Waals surface area contributed by atoms with Gasteiger partial charge in [0.05, 0.1) is 12.3 Å². The molecule has 158 valence electrons. The molecule has 1 atom stereocenters. The lowest BCUT2D eigenvalue weighted by molar-refractivity contribution is 0.312. The molecule has 8 nitrogen and oxygen atoms in total. The SMILES string of the molecule is CCNC(=NCc1cccnc1N1CCN(C)CC1)NC(C)CCS(C)(=O)=O. The molecule has 0 saturated carbocycles. The third-order valence-corrected chi connectivity index (χ3v) is 5.70. The first-order valence-corrected chi connectivity index (χ1v) is 11.9. The summed E-state index contributed by atoms with van der Waals surface area (Å²) in [5.74, 6) is 1.86. The van der Waals surface area contributed by atoms with Gasteiger partial charge in [-0.2, -0.15) is 0 Å². The van der Waals surface area contributed by atoms with Crippen LogP contribution < -0.4 is 15.5 Å². The van der Waals surface area contributed by atoms with E-state index in [4.69, 9.17) is 4.99 Å². The van der Waals surface area contributed by atoms with Gasteiger partial charge in [0.2, 0.25) is 0 Å². The van der Waals surface area contributed by atoms with E-state index in [2.05, 4.69) is 38.5 Å². The Balaban J connectivity index is 2.04. The molecule has 28 heavy (non-hydrogen) atoms. The zero-order chi connectivity index (χ0) is 20.6. The Bertz CT molecular complexity index is 745. The average Bonchev–Trinajstić information content (AvgIpc) is 2.65. The monoisotopic (exact) mass is 410 g/mol. The van der Waals surface area contributed by atoms with Crippen LogP contribution in [-0.4, -0.2) is 82.1 Å². The number of anilines is 1. The third kappa shape index (κ3) is 7.63. The molecular weight excluding hydrogens is 376 g/mol. The Morgan fingerprint density at radius 2 is 2.04 bits per heavy atom. The molecule has 1 saturated heterocycles. The Hall–Kier alpha value is -1.87. The predicted octanol–water partition coefficient (Wildman–Crippen LogP) is 0.712. The van der Waals surface area contributed by atoms with Crippen LogP contribution in [0.5, 0.6) is 0 Å². The molecule has 1 aliphatic rings. The van der Waals surface area contributed by atoms with Crippen molar-refractivity contribution in [3.63, 3.8) is 0 Å². The van der Waals surface area contributed by atoms with E-state index < -0.39 is 9.84 Å². The number of sulfone groups is 1. The molecule has 0 spiro atoms. The smallest absolute Gasteiger partial charge is 0.191 e. The summed E-state index contributed by atoms with van der Waals surface area (Å²) in [6.07, 6.45) is 3.64. The number of nitrogens with one attached hydrogen (secondary N) is 2. The van der Waals surface area contributed by atoms with Crippen LogP contribution in [0.2, 0.25) is 0 Å². The van der Waals surface area contributed by atoms with E-state index >= 15 is 0 Å². The van der Waals surface area contributed by atoms with Crippen LogP contribution in [0.4, 0.5) is 5.82 Å². The van der Waals surface area contributed by atoms with Gasteiger partial charge in [0.25, 0.3) is 0 Å². The molecule has 1 unspecified atom stereocenters. The van der Waals surface area contributed by atoms with Crippen molar-refractivity contribution in [1.82, 2.24) is 20.5 Å². The van der Waals surface area contributed by atoms with Gasteiger partial charge in [-0.3, -0.25) is 0 Å². The van der Waals surface area contributed by atoms with E-state index in [-0.39, 0.29) is 11.8 Å². The van der Waals surface area contributed by atoms with Crippen LogP contribution in [0.15, 0.2) is 23.3 Å². The van der Waals surface area contributed by atoms with Gasteiger partial charge in [-0.05, 0) is 33.4 Å². The summed E-state index contributed by atoms with van der Waals surface area (Å²) in [7, 11) is -0.823. The van der Waals surface area contributed by atoms with Crippen molar-refractivity contribution in [2.24, 2.45) is 4.99 Å². The first kappa shape index (κ1) is 22.4. The quantitative estimate of drug-likeness (QED) is 0.482. The molecule has 0 aromatic carbocycles. The maximum Gasteiger partial charge on any atom is 0.191 e. The minimum absolute atomic E-state index is 0.0125. The number of nitrogens with zero attached hydrogens (tertiary/aromatic N) is 4. The highest BCUT2D eigenvalue weighted by atomic mass is 32.2. The molecule has 0 bridgehead atoms. The maximum absolute atomic E-state index is 11.4. The summed E-state index contributed by atoms with van der Waals surface area (Å²) in [4.78, 5) is 13.9. The Kier molecular flexibility index (Phi) is 8.50. The molecule has 1 aromatic heterocycles. The van der Waals surface area contributed by atoms with Crippen LogP contribution in [-0.2, 0) is 16.4 Å². The Labute approximate surface area is 169 Å². The van der Waals surface area contributed by atoms with Crippen LogP contribution >= 0.6 is 0 Å². The molecular formula is C19H34N6O2S. The summed E-state index contributed by atoms with van der Waals surface area (Å²) >= 11 is 0. The molecule has 0 amide bonds. The van der Waals surface area contributed by atoms with Crippen molar-refractivity contribution in [2.75, 3.05) is 56.7 Å². The fraction of sp³-hybridized carbons (Fsp3) is 0.684. The maximum atomic E-state index is 11.4. The number of piperazine rings is 1. The molecule has 2 N–H and O–H groups in total. The average molecular weight is 411 g/mol. The van der Waals surface area contributed by atoms with Crippen molar-refractivity contribution in [3.8, 4) is 0 Å². The predicted molar refractivity (Wildman–Crippen MR) is 116 cm³/mol. The second-order valence-corrected chi connectivity index (χ2v) is 9.70. The van der Waals surface area contributed by atoms with Crippen molar-refractivity contribution in [3.05, 3.63) is 23.9 Å². The van der Waals surface area contributed by atoms with Crippen molar-refractivity contribution in [1.29, 1.82) is 0 Å². The summed E-state index contributed by atoms with van der Waals surface area (Å²) in [6, 6.07) is 4.03. The number of likely N-dealkylation sites (N-methyl/N-ethyl adjacent to an activating group) is 1. The van der Waals surface area contributed by atoms with Gasteiger partial charge in [-0.1, -0.05) is 6.07 Å². The minimum Gasteiger partial charge on any atom is -0.357 e. The fourth-order valence-corrected chi connectivity index (χ4v) is 3.82.